The van der Waals surface area contributed by atoms with Crippen molar-refractivity contribution >= 4 is 72.2 Å². The standard InChI is InChI=1S/C20H23FN10O10P2S2/c21-8-12-7(39-18(8)31-5-27-10-16(31)28-20(23)29-17(10)33)2-37-43(35,45)41-13-11(32)6(1-36-42(34,44)40-12)38-19(13)30-4-26-9-14(22)24-3-25-15(9)30/h3-8,11-13,18-19,32H,1-2H2,(H,34,44)(H,35,45)(H2,22,24,25)(H3,23,28,29,33)/t6-,7-,8-,11-,12-,13-,18-,19-,42-,43?/m1/s1. The zero-order valence-electron chi connectivity index (χ0n) is 22.3. The number of aliphatic hydroxyl groups excluding tert-OH is 1. The number of fused-ring (bicyclic) bond motifs is 5. The Bertz CT molecular complexity index is 1950. The van der Waals surface area contributed by atoms with Crippen LogP contribution in [0.15, 0.2) is 23.8 Å². The topological polar surface area (TPSA) is 269 Å². The number of halogens is 1. The fourth-order valence-electron chi connectivity index (χ4n) is 5.26. The van der Waals surface area contributed by atoms with E-state index in [4.69, 9.17) is 39.0 Å². The highest BCUT2D eigenvalue weighted by Gasteiger charge is 2.54. The molecule has 6 N–H and O–H groups in total. The first kappa shape index (κ1) is 30.9. The molecule has 3 aliphatic rings. The van der Waals surface area contributed by atoms with Gasteiger partial charge in [-0.15, -0.1) is 0 Å². The Morgan fingerprint density at radius 3 is 2.27 bits per heavy atom. The van der Waals surface area contributed by atoms with Crippen molar-refractivity contribution in [3.8, 4) is 0 Å². The number of rotatable bonds is 2. The van der Waals surface area contributed by atoms with E-state index >= 15 is 4.39 Å². The van der Waals surface area contributed by atoms with Crippen molar-refractivity contribution in [2.75, 3.05) is 24.7 Å². The first-order valence-electron chi connectivity index (χ1n) is 12.9. The van der Waals surface area contributed by atoms with E-state index in [9.17, 15) is 19.0 Å². The summed E-state index contributed by atoms with van der Waals surface area (Å²) in [6.07, 6.45) is -8.71. The average molecular weight is 709 g/mol. The van der Waals surface area contributed by atoms with Crippen LogP contribution >= 0.6 is 38.1 Å². The fourth-order valence-corrected chi connectivity index (χ4v) is 8.20. The quantitative estimate of drug-likeness (QED) is 0.122. The first-order chi connectivity index (χ1) is 21.3. The van der Waals surface area contributed by atoms with Crippen LogP contribution in [0.3, 0.4) is 0 Å². The maximum absolute atomic E-state index is 16.0. The van der Waals surface area contributed by atoms with E-state index in [1.165, 1.54) is 17.2 Å². The molecule has 2 bridgehead atoms. The molecule has 0 saturated carbocycles. The van der Waals surface area contributed by atoms with Gasteiger partial charge in [0.1, 0.15) is 42.4 Å². The number of nitrogens with two attached hydrogens (primary N) is 2. The van der Waals surface area contributed by atoms with Gasteiger partial charge < -0.3 is 26.0 Å². The van der Waals surface area contributed by atoms with Crippen molar-refractivity contribution in [1.29, 1.82) is 0 Å². The molecule has 3 fully saturated rings. The maximum atomic E-state index is 16.0. The van der Waals surface area contributed by atoms with E-state index in [-0.39, 0.29) is 34.1 Å². The minimum Gasteiger partial charge on any atom is -0.387 e. The molecule has 20 nitrogen and oxygen atoms in total. The van der Waals surface area contributed by atoms with Crippen LogP contribution in [0.2, 0.25) is 0 Å². The Kier molecular flexibility index (Phi) is 7.72. The van der Waals surface area contributed by atoms with E-state index in [1.807, 2.05) is 0 Å². The number of aromatic amines is 1. The monoisotopic (exact) mass is 708 g/mol. The number of anilines is 2. The van der Waals surface area contributed by atoms with Crippen molar-refractivity contribution in [3.63, 3.8) is 0 Å². The van der Waals surface area contributed by atoms with Crippen LogP contribution in [-0.2, 0) is 36.7 Å². The second kappa shape index (κ2) is 11.2. The number of nitrogens with one attached hydrogen (secondary N) is 1. The summed E-state index contributed by atoms with van der Waals surface area (Å²) in [5.41, 5.74) is 11.0. The van der Waals surface area contributed by atoms with Gasteiger partial charge in [0, 0.05) is 0 Å². The van der Waals surface area contributed by atoms with Gasteiger partial charge in [-0.2, -0.15) is 4.98 Å². The van der Waals surface area contributed by atoms with E-state index in [0.29, 0.717) is 0 Å². The van der Waals surface area contributed by atoms with E-state index in [2.05, 4.69) is 54.4 Å². The van der Waals surface area contributed by atoms with Crippen LogP contribution in [0, 0.1) is 0 Å². The van der Waals surface area contributed by atoms with Gasteiger partial charge in [-0.1, -0.05) is 24.5 Å². The molecule has 10 atom stereocenters. The maximum Gasteiger partial charge on any atom is 0.386 e. The van der Waals surface area contributed by atoms with Gasteiger partial charge in [0.25, 0.3) is 5.56 Å². The van der Waals surface area contributed by atoms with Crippen molar-refractivity contribution < 1.29 is 46.2 Å². The zero-order valence-corrected chi connectivity index (χ0v) is 25.9. The van der Waals surface area contributed by atoms with Crippen molar-refractivity contribution in [1.82, 2.24) is 39.0 Å². The number of hydrogen-bond acceptors (Lipinski definition) is 17. The third-order valence-corrected chi connectivity index (χ3v) is 10.5. The van der Waals surface area contributed by atoms with Crippen molar-refractivity contribution in [2.24, 2.45) is 0 Å². The Labute approximate surface area is 260 Å². The molecule has 4 aromatic rings. The van der Waals surface area contributed by atoms with Crippen molar-refractivity contribution in [3.05, 3.63) is 29.3 Å². The van der Waals surface area contributed by atoms with Gasteiger partial charge >= 0.3 is 13.6 Å². The number of alkyl halides is 1. The normalized spacial score (nSPS) is 37.7. The molecule has 45 heavy (non-hydrogen) atoms. The van der Waals surface area contributed by atoms with Gasteiger partial charge in [0.15, 0.2) is 41.3 Å². The Morgan fingerprint density at radius 1 is 0.911 bits per heavy atom. The molecule has 242 valence electrons. The fraction of sp³-hybridized carbons (Fsp3) is 0.500. The number of aliphatic hydroxyl groups is 1. The summed E-state index contributed by atoms with van der Waals surface area (Å²) < 4.78 is 79.1. The minimum atomic E-state index is -4.42. The number of aromatic nitrogens is 8. The molecule has 7 rings (SSSR count). The third-order valence-electron chi connectivity index (χ3n) is 7.28. The molecule has 3 saturated heterocycles. The molecule has 0 aromatic carbocycles. The summed E-state index contributed by atoms with van der Waals surface area (Å²) in [5, 5.41) is 11.1. The lowest BCUT2D eigenvalue weighted by Crippen LogP contribution is -2.35. The van der Waals surface area contributed by atoms with Crippen LogP contribution < -0.4 is 17.0 Å². The van der Waals surface area contributed by atoms with E-state index in [1.54, 1.807) is 0 Å². The molecule has 0 aliphatic carbocycles. The molecule has 25 heteroatoms. The molecule has 3 aliphatic heterocycles. The Morgan fingerprint density at radius 2 is 1.53 bits per heavy atom. The molecule has 7 heterocycles. The molecule has 1 unspecified atom stereocenters. The highest BCUT2D eigenvalue weighted by Crippen LogP contribution is 2.60. The molecule has 0 amide bonds. The lowest BCUT2D eigenvalue weighted by molar-refractivity contribution is -0.0568. The molecular weight excluding hydrogens is 685 g/mol. The molecule has 0 spiro atoms. The molecule has 0 radical (unpaired) electrons. The van der Waals surface area contributed by atoms with Gasteiger partial charge in [-0.25, -0.2) is 33.5 Å². The molecular formula is C20H23FN10O10P2S2. The predicted molar refractivity (Wildman–Crippen MR) is 156 cm³/mol. The summed E-state index contributed by atoms with van der Waals surface area (Å²) in [7, 11) is 0. The number of imidazole rings is 2. The SMILES string of the molecule is Nc1nc2c(ncn2[C@@H]2O[C@@H]3COP(=O)(S)O[C@@H]4[C@H](O)[C@@H](CO[P@@](=O)(S)O[C@H]3[C@H]2F)O[C@H]4n2cnc3c(N)ncnc32)c(=O)[nH]1. The highest BCUT2D eigenvalue weighted by molar-refractivity contribution is 8.44. The van der Waals surface area contributed by atoms with Crippen LogP contribution in [-0.4, -0.2) is 94.0 Å². The van der Waals surface area contributed by atoms with Gasteiger partial charge in [0.05, 0.1) is 25.9 Å². The number of ether oxygens (including phenoxy) is 2. The number of thiol groups is 2. The minimum absolute atomic E-state index is 0.0680. The lowest BCUT2D eigenvalue weighted by Gasteiger charge is -2.26. The lowest BCUT2D eigenvalue weighted by atomic mass is 10.1. The van der Waals surface area contributed by atoms with Crippen LogP contribution in [0.5, 0.6) is 0 Å². The number of nitrogens with zero attached hydrogens (tertiary/aromatic N) is 7. The van der Waals surface area contributed by atoms with E-state index < -0.39 is 81.5 Å². The Hall–Kier alpha value is -2.69. The Balaban J connectivity index is 1.21. The number of hydrogen-bond donors (Lipinski definition) is 6. The molecule has 4 aromatic heterocycles. The first-order valence-corrected chi connectivity index (χ1v) is 18.3. The average Bonchev–Trinajstić information content (AvgIpc) is 3.72. The summed E-state index contributed by atoms with van der Waals surface area (Å²) in [5.74, 6) is -0.193. The second-order valence-corrected chi connectivity index (χ2v) is 15.8. The second-order valence-electron chi connectivity index (χ2n) is 10.1. The summed E-state index contributed by atoms with van der Waals surface area (Å²) in [6.45, 7) is -10.1. The zero-order chi connectivity index (χ0) is 31.8. The number of nitrogen functional groups attached to an aromatic ring is 2. The van der Waals surface area contributed by atoms with Gasteiger partial charge in [0.2, 0.25) is 5.95 Å². The highest BCUT2D eigenvalue weighted by atomic mass is 32.7. The van der Waals surface area contributed by atoms with Gasteiger partial charge in [-0.3, -0.25) is 37.0 Å². The van der Waals surface area contributed by atoms with Crippen LogP contribution in [0.4, 0.5) is 16.2 Å². The van der Waals surface area contributed by atoms with Crippen LogP contribution in [0.1, 0.15) is 12.5 Å². The van der Waals surface area contributed by atoms with Crippen LogP contribution in [0.25, 0.3) is 22.3 Å². The van der Waals surface area contributed by atoms with Gasteiger partial charge in [-0.05, 0) is 0 Å². The smallest absolute Gasteiger partial charge is 0.386 e. The number of H-pyrrole nitrogens is 1. The predicted octanol–water partition coefficient (Wildman–Crippen LogP) is 0.511. The largest absolute Gasteiger partial charge is 0.387 e. The third kappa shape index (κ3) is 5.54. The van der Waals surface area contributed by atoms with E-state index in [0.717, 1.165) is 10.9 Å². The summed E-state index contributed by atoms with van der Waals surface area (Å²) in [4.78, 5) is 34.7. The summed E-state index contributed by atoms with van der Waals surface area (Å²) in [6, 6.07) is 0. The van der Waals surface area contributed by atoms with Crippen molar-refractivity contribution in [2.45, 2.75) is 49.1 Å². The summed E-state index contributed by atoms with van der Waals surface area (Å²) >= 11 is 8.04.